The molecule has 0 unspecified atom stereocenters. The summed E-state index contributed by atoms with van der Waals surface area (Å²) >= 11 is 0. The highest BCUT2D eigenvalue weighted by molar-refractivity contribution is 5.97. The van der Waals surface area contributed by atoms with Crippen molar-refractivity contribution in [3.05, 3.63) is 17.7 Å². The van der Waals surface area contributed by atoms with Crippen molar-refractivity contribution in [2.24, 2.45) is 5.73 Å². The first-order valence-corrected chi connectivity index (χ1v) is 4.04. The minimum atomic E-state index is -0.177. The van der Waals surface area contributed by atoms with Crippen molar-refractivity contribution in [1.29, 1.82) is 0 Å². The predicted molar refractivity (Wildman–Crippen MR) is 50.7 cm³/mol. The third-order valence-corrected chi connectivity index (χ3v) is 1.70. The van der Waals surface area contributed by atoms with Crippen molar-refractivity contribution in [3.63, 3.8) is 0 Å². The molecule has 0 fully saturated rings. The van der Waals surface area contributed by atoms with Gasteiger partial charge in [-0.25, -0.2) is 0 Å². The number of rotatable bonds is 4. The molecule has 0 aliphatic heterocycles. The number of hydrogen-bond acceptors (Lipinski definition) is 5. The molecule has 0 aliphatic rings. The van der Waals surface area contributed by atoms with E-state index in [1.165, 1.54) is 26.4 Å². The topological polar surface area (TPSA) is 74.4 Å². The molecule has 0 spiro atoms. The predicted octanol–water partition coefficient (Wildman–Crippen LogP) is 0.240. The van der Waals surface area contributed by atoms with Gasteiger partial charge in [0.1, 0.15) is 0 Å². The molecule has 1 aromatic rings. The number of pyridine rings is 1. The minimum Gasteiger partial charge on any atom is -0.481 e. The maximum Gasteiger partial charge on any atom is 0.216 e. The molecule has 5 nitrogen and oxygen atoms in total. The fourth-order valence-corrected chi connectivity index (χ4v) is 0.969. The first-order valence-electron chi connectivity index (χ1n) is 4.04. The molecule has 2 N–H and O–H groups in total. The normalized spacial score (nSPS) is 9.64. The Morgan fingerprint density at radius 2 is 1.86 bits per heavy atom. The average Bonchev–Trinajstić information content (AvgIpc) is 2.27. The highest BCUT2D eigenvalue weighted by Gasteiger charge is 2.08. The van der Waals surface area contributed by atoms with Crippen molar-refractivity contribution >= 4 is 5.78 Å². The summed E-state index contributed by atoms with van der Waals surface area (Å²) in [5.41, 5.74) is 5.68. The van der Waals surface area contributed by atoms with Gasteiger partial charge in [-0.2, -0.15) is 4.98 Å². The molecule has 1 aromatic heterocycles. The fraction of sp³-hybridized carbons (Fsp3) is 0.333. The van der Waals surface area contributed by atoms with Crippen molar-refractivity contribution in [2.75, 3.05) is 20.8 Å². The van der Waals surface area contributed by atoms with Gasteiger partial charge in [0.2, 0.25) is 11.8 Å². The second kappa shape index (κ2) is 4.57. The summed E-state index contributed by atoms with van der Waals surface area (Å²) in [5.74, 6) is 0.492. The summed E-state index contributed by atoms with van der Waals surface area (Å²) in [6, 6.07) is 3.05. The van der Waals surface area contributed by atoms with Crippen LogP contribution in [0.2, 0.25) is 0 Å². The second-order valence-corrected chi connectivity index (χ2v) is 2.57. The van der Waals surface area contributed by atoms with Gasteiger partial charge >= 0.3 is 0 Å². The lowest BCUT2D eigenvalue weighted by molar-refractivity contribution is 0.100. The highest BCUT2D eigenvalue weighted by atomic mass is 16.5. The smallest absolute Gasteiger partial charge is 0.216 e. The van der Waals surface area contributed by atoms with Crippen molar-refractivity contribution in [3.8, 4) is 11.8 Å². The van der Waals surface area contributed by atoms with Crippen LogP contribution in [0.15, 0.2) is 12.1 Å². The van der Waals surface area contributed by atoms with E-state index in [9.17, 15) is 4.79 Å². The van der Waals surface area contributed by atoms with Gasteiger partial charge in [0.05, 0.1) is 20.8 Å². The van der Waals surface area contributed by atoms with Gasteiger partial charge in [0.15, 0.2) is 5.78 Å². The number of carbonyl (C=O) groups is 1. The van der Waals surface area contributed by atoms with E-state index in [4.69, 9.17) is 15.2 Å². The Kier molecular flexibility index (Phi) is 3.41. The Hall–Kier alpha value is -1.62. The summed E-state index contributed by atoms with van der Waals surface area (Å²) < 4.78 is 9.82. The SMILES string of the molecule is COc1cc(C(=O)CN)cc(OC)n1. The molecule has 76 valence electrons. The van der Waals surface area contributed by atoms with E-state index < -0.39 is 0 Å². The van der Waals surface area contributed by atoms with Gasteiger partial charge in [-0.3, -0.25) is 4.79 Å². The number of carbonyl (C=O) groups excluding carboxylic acids is 1. The number of hydrogen-bond donors (Lipinski definition) is 1. The maximum absolute atomic E-state index is 11.3. The van der Waals surface area contributed by atoms with E-state index in [0.717, 1.165) is 0 Å². The zero-order chi connectivity index (χ0) is 10.6. The second-order valence-electron chi connectivity index (χ2n) is 2.57. The van der Waals surface area contributed by atoms with Gasteiger partial charge < -0.3 is 15.2 Å². The third-order valence-electron chi connectivity index (χ3n) is 1.70. The lowest BCUT2D eigenvalue weighted by Gasteiger charge is -2.05. The summed E-state index contributed by atoms with van der Waals surface area (Å²) in [4.78, 5) is 15.2. The van der Waals surface area contributed by atoms with E-state index in [1.54, 1.807) is 0 Å². The van der Waals surface area contributed by atoms with Crippen LogP contribution in [0.1, 0.15) is 10.4 Å². The van der Waals surface area contributed by atoms with Gasteiger partial charge in [-0.15, -0.1) is 0 Å². The van der Waals surface area contributed by atoms with Crippen LogP contribution >= 0.6 is 0 Å². The lowest BCUT2D eigenvalue weighted by Crippen LogP contribution is -2.14. The van der Waals surface area contributed by atoms with Crippen LogP contribution in [0.3, 0.4) is 0 Å². The van der Waals surface area contributed by atoms with Crippen LogP contribution in [0.4, 0.5) is 0 Å². The quantitative estimate of drug-likeness (QED) is 0.698. The number of aromatic nitrogens is 1. The van der Waals surface area contributed by atoms with Gasteiger partial charge in [0, 0.05) is 17.7 Å². The molecule has 0 aliphatic carbocycles. The molecule has 0 atom stereocenters. The van der Waals surface area contributed by atoms with E-state index in [0.29, 0.717) is 17.3 Å². The van der Waals surface area contributed by atoms with Gasteiger partial charge in [-0.1, -0.05) is 0 Å². The van der Waals surface area contributed by atoms with E-state index >= 15 is 0 Å². The molecule has 0 bridgehead atoms. The molecule has 1 heterocycles. The van der Waals surface area contributed by atoms with Crippen molar-refractivity contribution < 1.29 is 14.3 Å². The molecular weight excluding hydrogens is 184 g/mol. The lowest BCUT2D eigenvalue weighted by atomic mass is 10.2. The molecule has 0 saturated heterocycles. The number of Topliss-reactive ketones (excluding diaryl/α,β-unsaturated/α-hetero) is 1. The zero-order valence-electron chi connectivity index (χ0n) is 8.11. The van der Waals surface area contributed by atoms with Gasteiger partial charge in [0.25, 0.3) is 0 Å². The third kappa shape index (κ3) is 2.20. The molecule has 1 rings (SSSR count). The number of ketones is 1. The largest absolute Gasteiger partial charge is 0.481 e. The standard InChI is InChI=1S/C9H12N2O3/c1-13-8-3-6(7(12)5-10)4-9(11-8)14-2/h3-4H,5,10H2,1-2H3. The number of nitrogens with two attached hydrogens (primary N) is 1. The van der Waals surface area contributed by atoms with Crippen LogP contribution < -0.4 is 15.2 Å². The van der Waals surface area contributed by atoms with Crippen molar-refractivity contribution in [2.45, 2.75) is 0 Å². The molecule has 0 amide bonds. The van der Waals surface area contributed by atoms with Crippen LogP contribution in [-0.2, 0) is 0 Å². The van der Waals surface area contributed by atoms with Gasteiger partial charge in [-0.05, 0) is 0 Å². The Balaban J connectivity index is 3.10. The minimum absolute atomic E-state index is 0.0453. The molecule has 0 saturated carbocycles. The Morgan fingerprint density at radius 1 is 1.36 bits per heavy atom. The molecule has 0 aromatic carbocycles. The fourth-order valence-electron chi connectivity index (χ4n) is 0.969. The van der Waals surface area contributed by atoms with Crippen LogP contribution in [0, 0.1) is 0 Å². The molecular formula is C9H12N2O3. The first kappa shape index (κ1) is 10.5. The summed E-state index contributed by atoms with van der Waals surface area (Å²) in [5, 5.41) is 0. The first-order chi connectivity index (χ1) is 6.71. The molecule has 14 heavy (non-hydrogen) atoms. The van der Waals surface area contributed by atoms with E-state index in [-0.39, 0.29) is 12.3 Å². The summed E-state index contributed by atoms with van der Waals surface area (Å²) in [7, 11) is 2.94. The highest BCUT2D eigenvalue weighted by Crippen LogP contribution is 2.17. The maximum atomic E-state index is 11.3. The summed E-state index contributed by atoms with van der Waals surface area (Å²) in [6.07, 6.45) is 0. The monoisotopic (exact) mass is 196 g/mol. The van der Waals surface area contributed by atoms with E-state index in [2.05, 4.69) is 4.98 Å². The number of ether oxygens (including phenoxy) is 2. The Labute approximate surface area is 81.8 Å². The number of methoxy groups -OCH3 is 2. The molecule has 5 heteroatoms. The van der Waals surface area contributed by atoms with Crippen molar-refractivity contribution in [1.82, 2.24) is 4.98 Å². The average molecular weight is 196 g/mol. The van der Waals surface area contributed by atoms with Crippen LogP contribution in [0.5, 0.6) is 11.8 Å². The van der Waals surface area contributed by atoms with E-state index in [1.807, 2.05) is 0 Å². The molecule has 0 radical (unpaired) electrons. The van der Waals surface area contributed by atoms with Crippen LogP contribution in [-0.4, -0.2) is 31.5 Å². The Bertz CT molecular complexity index is 317. The number of nitrogens with zero attached hydrogens (tertiary/aromatic N) is 1. The zero-order valence-corrected chi connectivity index (χ0v) is 8.11. The Morgan fingerprint density at radius 3 is 2.21 bits per heavy atom. The summed E-state index contributed by atoms with van der Waals surface area (Å²) in [6.45, 7) is -0.0453. The van der Waals surface area contributed by atoms with Crippen LogP contribution in [0.25, 0.3) is 0 Å².